The molecule has 0 heterocycles. The van der Waals surface area contributed by atoms with E-state index in [1.807, 2.05) is 44.3 Å². The Morgan fingerprint density at radius 2 is 1.95 bits per heavy atom. The molecule has 1 unspecified atom stereocenters. The van der Waals surface area contributed by atoms with Crippen LogP contribution in [0.25, 0.3) is 0 Å². The Kier molecular flexibility index (Phi) is 5.46. The Morgan fingerprint density at radius 3 is 2.55 bits per heavy atom. The van der Waals surface area contributed by atoms with Gasteiger partial charge in [0.25, 0.3) is 0 Å². The van der Waals surface area contributed by atoms with E-state index in [0.29, 0.717) is 5.02 Å². The van der Waals surface area contributed by atoms with E-state index in [2.05, 4.69) is 33.4 Å². The number of hydrogen-bond donors (Lipinski definition) is 1. The van der Waals surface area contributed by atoms with E-state index in [-0.39, 0.29) is 6.10 Å². The van der Waals surface area contributed by atoms with Gasteiger partial charge in [-0.3, -0.25) is 0 Å². The fourth-order valence-corrected chi connectivity index (χ4v) is 3.08. The number of halogens is 2. The van der Waals surface area contributed by atoms with E-state index in [9.17, 15) is 0 Å². The Morgan fingerprint density at radius 1 is 1.25 bits per heavy atom. The average molecular weight is 355 g/mol. The molecule has 2 rings (SSSR count). The highest BCUT2D eigenvalue weighted by Gasteiger charge is 2.16. The molecule has 1 atom stereocenters. The molecule has 2 aromatic rings. The number of rotatable bonds is 5. The maximum Gasteiger partial charge on any atom is 0.141 e. The van der Waals surface area contributed by atoms with E-state index in [1.165, 1.54) is 0 Å². The van der Waals surface area contributed by atoms with E-state index in [1.54, 1.807) is 0 Å². The van der Waals surface area contributed by atoms with Crippen LogP contribution < -0.4 is 10.1 Å². The van der Waals surface area contributed by atoms with Crippen molar-refractivity contribution in [3.63, 3.8) is 0 Å². The first kappa shape index (κ1) is 15.4. The highest BCUT2D eigenvalue weighted by molar-refractivity contribution is 9.10. The summed E-state index contributed by atoms with van der Waals surface area (Å²) < 4.78 is 7.10. The molecule has 0 radical (unpaired) electrons. The monoisotopic (exact) mass is 353 g/mol. The van der Waals surface area contributed by atoms with Crippen molar-refractivity contribution in [3.8, 4) is 5.75 Å². The van der Waals surface area contributed by atoms with E-state index in [0.717, 1.165) is 27.9 Å². The molecule has 2 nitrogen and oxygen atoms in total. The van der Waals surface area contributed by atoms with Crippen LogP contribution in [0.1, 0.15) is 17.2 Å². The van der Waals surface area contributed by atoms with Crippen LogP contribution in [0.3, 0.4) is 0 Å². The molecule has 0 aliphatic heterocycles. The van der Waals surface area contributed by atoms with Gasteiger partial charge in [0.2, 0.25) is 0 Å². The topological polar surface area (TPSA) is 21.3 Å². The molecule has 0 aliphatic rings. The summed E-state index contributed by atoms with van der Waals surface area (Å²) >= 11 is 9.73. The lowest BCUT2D eigenvalue weighted by Crippen LogP contribution is -2.22. The van der Waals surface area contributed by atoms with Gasteiger partial charge < -0.3 is 10.1 Å². The van der Waals surface area contributed by atoms with Gasteiger partial charge in [0.15, 0.2) is 0 Å². The second-order valence-corrected chi connectivity index (χ2v) is 5.93. The minimum Gasteiger partial charge on any atom is -0.483 e. The van der Waals surface area contributed by atoms with Crippen LogP contribution >= 0.6 is 27.5 Å². The smallest absolute Gasteiger partial charge is 0.141 e. The van der Waals surface area contributed by atoms with Crippen molar-refractivity contribution in [2.24, 2.45) is 0 Å². The van der Waals surface area contributed by atoms with E-state index >= 15 is 0 Å². The van der Waals surface area contributed by atoms with Crippen molar-refractivity contribution >= 4 is 27.5 Å². The zero-order chi connectivity index (χ0) is 14.5. The van der Waals surface area contributed by atoms with Crippen molar-refractivity contribution in [1.82, 2.24) is 5.32 Å². The summed E-state index contributed by atoms with van der Waals surface area (Å²) in [5.41, 5.74) is 2.14. The van der Waals surface area contributed by atoms with Crippen molar-refractivity contribution in [2.75, 3.05) is 13.6 Å². The number of hydrogen-bond acceptors (Lipinski definition) is 2. The predicted molar refractivity (Wildman–Crippen MR) is 87.6 cm³/mol. The van der Waals surface area contributed by atoms with Gasteiger partial charge in [-0.05, 0) is 37.2 Å². The van der Waals surface area contributed by atoms with Gasteiger partial charge in [0.05, 0.1) is 5.02 Å². The summed E-state index contributed by atoms with van der Waals surface area (Å²) in [6, 6.07) is 14.0. The molecule has 1 N–H and O–H groups in total. The lowest BCUT2D eigenvalue weighted by Gasteiger charge is -2.21. The average Bonchev–Trinajstić information content (AvgIpc) is 2.42. The number of nitrogens with one attached hydrogen (secondary N) is 1. The molecule has 2 aromatic carbocycles. The number of aryl methyl sites for hydroxylation is 1. The third kappa shape index (κ3) is 3.75. The molecule has 0 bridgehead atoms. The molecule has 0 fully saturated rings. The zero-order valence-corrected chi connectivity index (χ0v) is 13.8. The third-order valence-electron chi connectivity index (χ3n) is 3.02. The minimum atomic E-state index is -0.0708. The summed E-state index contributed by atoms with van der Waals surface area (Å²) in [6.45, 7) is 2.71. The van der Waals surface area contributed by atoms with Crippen LogP contribution in [0.15, 0.2) is 46.9 Å². The van der Waals surface area contributed by atoms with Gasteiger partial charge >= 0.3 is 0 Å². The lowest BCUT2D eigenvalue weighted by molar-refractivity contribution is 0.203. The number of likely N-dealkylation sites (N-methyl/N-ethyl adjacent to an activating group) is 1. The first-order valence-electron chi connectivity index (χ1n) is 6.43. The van der Waals surface area contributed by atoms with Gasteiger partial charge in [0, 0.05) is 11.0 Å². The van der Waals surface area contributed by atoms with Gasteiger partial charge in [-0.1, -0.05) is 57.9 Å². The van der Waals surface area contributed by atoms with Crippen molar-refractivity contribution < 1.29 is 4.74 Å². The molecule has 0 spiro atoms. The van der Waals surface area contributed by atoms with Gasteiger partial charge in [-0.15, -0.1) is 0 Å². The molecule has 0 aromatic heterocycles. The Balaban J connectivity index is 2.30. The number of ether oxygens (including phenoxy) is 1. The maximum atomic E-state index is 6.29. The van der Waals surface area contributed by atoms with Crippen molar-refractivity contribution in [3.05, 3.63) is 63.1 Å². The van der Waals surface area contributed by atoms with Crippen LogP contribution in [0.4, 0.5) is 0 Å². The standard InChI is InChI=1S/C16H17BrClNO/c1-11-8-13(17)9-14(18)16(11)20-15(10-19-2)12-6-4-3-5-7-12/h3-9,15,19H,10H2,1-2H3. The maximum absolute atomic E-state index is 6.29. The largest absolute Gasteiger partial charge is 0.483 e. The first-order valence-corrected chi connectivity index (χ1v) is 7.60. The molecule has 0 saturated heterocycles. The van der Waals surface area contributed by atoms with Crippen LogP contribution in [0.5, 0.6) is 5.75 Å². The van der Waals surface area contributed by atoms with Crippen molar-refractivity contribution in [1.29, 1.82) is 0 Å². The summed E-state index contributed by atoms with van der Waals surface area (Å²) in [5.74, 6) is 0.735. The summed E-state index contributed by atoms with van der Waals surface area (Å²) in [4.78, 5) is 0. The first-order chi connectivity index (χ1) is 9.61. The second-order valence-electron chi connectivity index (χ2n) is 4.61. The van der Waals surface area contributed by atoms with Crippen molar-refractivity contribution in [2.45, 2.75) is 13.0 Å². The highest BCUT2D eigenvalue weighted by Crippen LogP contribution is 2.34. The van der Waals surface area contributed by atoms with E-state index in [4.69, 9.17) is 16.3 Å². The lowest BCUT2D eigenvalue weighted by atomic mass is 10.1. The SMILES string of the molecule is CNCC(Oc1c(C)cc(Br)cc1Cl)c1ccccc1. The van der Waals surface area contributed by atoms with Crippen LogP contribution in [-0.4, -0.2) is 13.6 Å². The fraction of sp³-hybridized carbons (Fsp3) is 0.250. The number of benzene rings is 2. The Hall–Kier alpha value is -1.03. The van der Waals surface area contributed by atoms with Gasteiger partial charge in [-0.25, -0.2) is 0 Å². The highest BCUT2D eigenvalue weighted by atomic mass is 79.9. The predicted octanol–water partition coefficient (Wildman–Crippen LogP) is 4.75. The zero-order valence-electron chi connectivity index (χ0n) is 11.5. The third-order valence-corrected chi connectivity index (χ3v) is 3.75. The normalized spacial score (nSPS) is 12.2. The molecular weight excluding hydrogens is 338 g/mol. The summed E-state index contributed by atoms with van der Waals surface area (Å²) in [5, 5.41) is 3.78. The van der Waals surface area contributed by atoms with Gasteiger partial charge in [-0.2, -0.15) is 0 Å². The van der Waals surface area contributed by atoms with E-state index < -0.39 is 0 Å². The van der Waals surface area contributed by atoms with Crippen LogP contribution in [-0.2, 0) is 0 Å². The Bertz CT molecular complexity index is 551. The molecule has 106 valence electrons. The minimum absolute atomic E-state index is 0.0708. The van der Waals surface area contributed by atoms with Gasteiger partial charge in [0.1, 0.15) is 11.9 Å². The molecule has 0 saturated carbocycles. The molecule has 0 amide bonds. The quantitative estimate of drug-likeness (QED) is 0.836. The molecule has 4 heteroatoms. The van der Waals surface area contributed by atoms with Crippen LogP contribution in [0.2, 0.25) is 5.02 Å². The summed E-state index contributed by atoms with van der Waals surface area (Å²) in [7, 11) is 1.91. The summed E-state index contributed by atoms with van der Waals surface area (Å²) in [6.07, 6.45) is -0.0708. The molecule has 0 aliphatic carbocycles. The molecule has 20 heavy (non-hydrogen) atoms. The molecular formula is C16H17BrClNO. The second kappa shape index (κ2) is 7.11. The fourth-order valence-electron chi connectivity index (χ4n) is 2.06. The van der Waals surface area contributed by atoms with Crippen LogP contribution in [0, 0.1) is 6.92 Å². The Labute approximate surface area is 133 Å².